The highest BCUT2D eigenvalue weighted by atomic mass is 35.5. The van der Waals surface area contributed by atoms with Crippen LogP contribution < -0.4 is 0 Å². The average molecular weight is 350 g/mol. The monoisotopic (exact) mass is 349 g/mol. The van der Waals surface area contributed by atoms with Crippen molar-refractivity contribution in [1.82, 2.24) is 4.31 Å². The van der Waals surface area contributed by atoms with Gasteiger partial charge in [0, 0.05) is 19.2 Å². The van der Waals surface area contributed by atoms with E-state index in [1.807, 2.05) is 16.8 Å². The molecule has 4 nitrogen and oxygen atoms in total. The highest BCUT2D eigenvalue weighted by Gasteiger charge is 2.23. The van der Waals surface area contributed by atoms with Crippen molar-refractivity contribution in [3.63, 3.8) is 0 Å². The Morgan fingerprint density at radius 1 is 1.43 bits per heavy atom. The van der Waals surface area contributed by atoms with Crippen molar-refractivity contribution >= 4 is 33.0 Å². The molecule has 1 aromatic heterocycles. The Bertz CT molecular complexity index is 732. The van der Waals surface area contributed by atoms with Crippen LogP contribution in [0.25, 0.3) is 0 Å². The molecule has 0 unspecified atom stereocenters. The Balaban J connectivity index is 2.37. The van der Waals surface area contributed by atoms with Gasteiger partial charge in [0.2, 0.25) is 10.0 Å². The molecule has 1 aromatic carbocycles. The minimum atomic E-state index is -3.86. The van der Waals surface area contributed by atoms with E-state index in [0.29, 0.717) is 0 Å². The molecule has 1 heterocycles. The first-order valence-electron chi connectivity index (χ1n) is 5.92. The van der Waals surface area contributed by atoms with E-state index in [1.54, 1.807) is 0 Å². The van der Waals surface area contributed by atoms with Crippen molar-refractivity contribution in [2.45, 2.75) is 18.0 Å². The van der Waals surface area contributed by atoms with Gasteiger partial charge in [-0.3, -0.25) is 0 Å². The van der Waals surface area contributed by atoms with E-state index in [-0.39, 0.29) is 22.0 Å². The zero-order valence-corrected chi connectivity index (χ0v) is 13.5. The molecule has 1 N–H and O–H groups in total. The predicted molar refractivity (Wildman–Crippen MR) is 80.3 cm³/mol. The summed E-state index contributed by atoms with van der Waals surface area (Å²) in [6.45, 7) is -0.349. The van der Waals surface area contributed by atoms with Gasteiger partial charge in [-0.25, -0.2) is 12.8 Å². The van der Waals surface area contributed by atoms with Gasteiger partial charge in [0.15, 0.2) is 0 Å². The maximum atomic E-state index is 13.7. The molecule has 2 aromatic rings. The zero-order chi connectivity index (χ0) is 15.6. The molecule has 0 aliphatic rings. The van der Waals surface area contributed by atoms with Crippen LogP contribution in [0.3, 0.4) is 0 Å². The lowest BCUT2D eigenvalue weighted by Crippen LogP contribution is -2.26. The summed E-state index contributed by atoms with van der Waals surface area (Å²) in [6.07, 6.45) is 0. The fraction of sp³-hybridized carbons (Fsp3) is 0.231. The van der Waals surface area contributed by atoms with E-state index in [4.69, 9.17) is 16.7 Å². The Labute approximate surface area is 131 Å². The largest absolute Gasteiger partial charge is 0.392 e. The third kappa shape index (κ3) is 3.44. The summed E-state index contributed by atoms with van der Waals surface area (Å²) in [5, 5.41) is 12.5. The van der Waals surface area contributed by atoms with Crippen LogP contribution in [0.1, 0.15) is 11.1 Å². The minimum Gasteiger partial charge on any atom is -0.392 e. The van der Waals surface area contributed by atoms with E-state index >= 15 is 0 Å². The number of rotatable bonds is 5. The van der Waals surface area contributed by atoms with Gasteiger partial charge in [0.25, 0.3) is 0 Å². The lowest BCUT2D eigenvalue weighted by molar-refractivity contribution is 0.281. The first-order chi connectivity index (χ1) is 9.86. The number of hydrogen-bond acceptors (Lipinski definition) is 4. The van der Waals surface area contributed by atoms with Crippen molar-refractivity contribution in [1.29, 1.82) is 0 Å². The highest BCUT2D eigenvalue weighted by molar-refractivity contribution is 7.89. The molecule has 21 heavy (non-hydrogen) atoms. The fourth-order valence-electron chi connectivity index (χ4n) is 1.79. The van der Waals surface area contributed by atoms with Gasteiger partial charge >= 0.3 is 0 Å². The third-order valence-corrected chi connectivity index (χ3v) is 5.88. The molecule has 8 heteroatoms. The Hall–Kier alpha value is -0.990. The minimum absolute atomic E-state index is 0.0409. The van der Waals surface area contributed by atoms with Gasteiger partial charge < -0.3 is 5.11 Å². The lowest BCUT2D eigenvalue weighted by Gasteiger charge is -2.17. The SMILES string of the molecule is CN(Cc1ccsc1)S(=O)(=O)c1cc(F)c(Cl)c(CO)c1. The number of halogens is 2. The number of nitrogens with zero attached hydrogens (tertiary/aromatic N) is 1. The topological polar surface area (TPSA) is 57.6 Å². The molecule has 0 amide bonds. The highest BCUT2D eigenvalue weighted by Crippen LogP contribution is 2.26. The van der Waals surface area contributed by atoms with Crippen molar-refractivity contribution in [3.05, 3.63) is 50.9 Å². The first-order valence-corrected chi connectivity index (χ1v) is 8.68. The maximum absolute atomic E-state index is 13.7. The van der Waals surface area contributed by atoms with Crippen LogP contribution in [0.5, 0.6) is 0 Å². The number of benzene rings is 1. The second-order valence-corrected chi connectivity index (χ2v) is 7.63. The summed E-state index contributed by atoms with van der Waals surface area (Å²) >= 11 is 7.13. The smallest absolute Gasteiger partial charge is 0.243 e. The van der Waals surface area contributed by atoms with E-state index in [2.05, 4.69) is 0 Å². The maximum Gasteiger partial charge on any atom is 0.243 e. The Kier molecular flexibility index (Phi) is 5.00. The lowest BCUT2D eigenvalue weighted by atomic mass is 10.2. The molecule has 0 bridgehead atoms. The normalized spacial score (nSPS) is 12.0. The Morgan fingerprint density at radius 3 is 2.71 bits per heavy atom. The van der Waals surface area contributed by atoms with Crippen LogP contribution in [0.2, 0.25) is 5.02 Å². The van der Waals surface area contributed by atoms with Gasteiger partial charge in [-0.1, -0.05) is 11.6 Å². The summed E-state index contributed by atoms with van der Waals surface area (Å²) < 4.78 is 39.7. The quantitative estimate of drug-likeness (QED) is 0.903. The van der Waals surface area contributed by atoms with Crippen molar-refractivity contribution in [3.8, 4) is 0 Å². The number of sulfonamides is 1. The van der Waals surface area contributed by atoms with Crippen LogP contribution in [0.4, 0.5) is 4.39 Å². The summed E-state index contributed by atoms with van der Waals surface area (Å²) in [6, 6.07) is 3.87. The van der Waals surface area contributed by atoms with Crippen molar-refractivity contribution in [2.24, 2.45) is 0 Å². The molecule has 0 saturated carbocycles. The van der Waals surface area contributed by atoms with E-state index in [1.165, 1.54) is 24.5 Å². The zero-order valence-electron chi connectivity index (χ0n) is 11.1. The predicted octanol–water partition coefficient (Wildman–Crippen LogP) is 2.85. The third-order valence-electron chi connectivity index (χ3n) is 2.94. The summed E-state index contributed by atoms with van der Waals surface area (Å²) in [5.41, 5.74) is 0.891. The molecule has 0 spiro atoms. The van der Waals surface area contributed by atoms with E-state index in [0.717, 1.165) is 15.9 Å². The van der Waals surface area contributed by atoms with Crippen LogP contribution in [0, 0.1) is 5.82 Å². The van der Waals surface area contributed by atoms with Gasteiger partial charge in [0.05, 0.1) is 16.5 Å². The fourth-order valence-corrected chi connectivity index (χ4v) is 3.84. The second kappa shape index (κ2) is 6.41. The van der Waals surface area contributed by atoms with E-state index in [9.17, 15) is 12.8 Å². The standard InChI is InChI=1S/C13H13ClFNO3S2/c1-16(6-9-2-3-20-8-9)21(18,19)11-4-10(7-17)13(14)12(15)5-11/h2-5,8,17H,6-7H2,1H3. The molecule has 114 valence electrons. The molecular weight excluding hydrogens is 337 g/mol. The summed E-state index contributed by atoms with van der Waals surface area (Å²) in [5.74, 6) is -0.870. The Morgan fingerprint density at radius 2 is 2.14 bits per heavy atom. The van der Waals surface area contributed by atoms with Crippen LogP contribution in [-0.4, -0.2) is 24.9 Å². The van der Waals surface area contributed by atoms with Gasteiger partial charge in [-0.15, -0.1) is 0 Å². The summed E-state index contributed by atoms with van der Waals surface area (Å²) in [7, 11) is -2.44. The number of aliphatic hydroxyl groups excluding tert-OH is 1. The second-order valence-electron chi connectivity index (χ2n) is 4.43. The average Bonchev–Trinajstić information content (AvgIpc) is 2.94. The number of aliphatic hydroxyl groups is 1. The molecule has 0 fully saturated rings. The number of hydrogen-bond donors (Lipinski definition) is 1. The van der Waals surface area contributed by atoms with E-state index < -0.39 is 22.4 Å². The van der Waals surface area contributed by atoms with Gasteiger partial charge in [-0.05, 0) is 34.5 Å². The molecule has 0 aliphatic carbocycles. The molecule has 0 radical (unpaired) electrons. The molecule has 2 rings (SSSR count). The van der Waals surface area contributed by atoms with Crippen molar-refractivity contribution < 1.29 is 17.9 Å². The van der Waals surface area contributed by atoms with Gasteiger partial charge in [0.1, 0.15) is 5.82 Å². The molecule has 0 saturated heterocycles. The first kappa shape index (κ1) is 16.4. The van der Waals surface area contributed by atoms with Gasteiger partial charge in [-0.2, -0.15) is 15.6 Å². The molecular formula is C13H13ClFNO3S2. The molecule has 0 aliphatic heterocycles. The number of thiophene rings is 1. The van der Waals surface area contributed by atoms with Crippen LogP contribution in [-0.2, 0) is 23.2 Å². The van der Waals surface area contributed by atoms with Crippen LogP contribution >= 0.6 is 22.9 Å². The summed E-state index contributed by atoms with van der Waals surface area (Å²) in [4.78, 5) is -0.230. The van der Waals surface area contributed by atoms with Crippen LogP contribution in [0.15, 0.2) is 33.9 Å². The van der Waals surface area contributed by atoms with Crippen molar-refractivity contribution in [2.75, 3.05) is 7.05 Å². The molecule has 0 atom stereocenters.